The van der Waals surface area contributed by atoms with Gasteiger partial charge in [0.1, 0.15) is 5.75 Å². The average Bonchev–Trinajstić information content (AvgIpc) is 3.52. The number of carbonyl (C=O) groups excluding carboxylic acids is 2. The molecule has 0 aliphatic carbocycles. The summed E-state index contributed by atoms with van der Waals surface area (Å²) in [6, 6.07) is 19.0. The molecule has 1 aliphatic rings. The quantitative estimate of drug-likeness (QED) is 0.286. The van der Waals surface area contributed by atoms with Gasteiger partial charge < -0.3 is 21.1 Å². The Morgan fingerprint density at radius 3 is 2.71 bits per heavy atom. The van der Waals surface area contributed by atoms with Gasteiger partial charge in [-0.05, 0) is 41.5 Å². The van der Waals surface area contributed by atoms with Crippen molar-refractivity contribution in [2.45, 2.75) is 19.0 Å². The number of phenolic OH excluding ortho intramolecular Hbond substituents is 1. The Kier molecular flexibility index (Phi) is 6.12. The first-order chi connectivity index (χ1) is 17.0. The number of phenols is 1. The number of hydrogen-bond acceptors (Lipinski definition) is 6. The number of rotatable bonds is 7. The zero-order valence-electron chi connectivity index (χ0n) is 18.6. The smallest absolute Gasteiger partial charge is 0.261 e. The molecule has 0 bridgehead atoms. The number of benzene rings is 2. The molecule has 8 heteroatoms. The molecule has 3 heterocycles. The maximum absolute atomic E-state index is 13.3. The Labute approximate surface area is 206 Å². The molecule has 5 rings (SSSR count). The molecule has 1 atom stereocenters. The van der Waals surface area contributed by atoms with Crippen molar-refractivity contribution < 1.29 is 14.7 Å². The van der Waals surface area contributed by atoms with Crippen LogP contribution in [0.1, 0.15) is 49.2 Å². The monoisotopic (exact) mass is 482 g/mol. The molecule has 0 saturated heterocycles. The fraction of sp³-hybridized carbons (Fsp3) is 0.111. The lowest BCUT2D eigenvalue weighted by atomic mass is 9.97. The van der Waals surface area contributed by atoms with Crippen LogP contribution in [0.2, 0.25) is 0 Å². The van der Waals surface area contributed by atoms with Crippen LogP contribution in [0.5, 0.6) is 5.75 Å². The number of aromatic hydroxyl groups is 1. The molecule has 2 amide bonds. The van der Waals surface area contributed by atoms with E-state index in [1.807, 2.05) is 18.2 Å². The molecule has 2 aromatic carbocycles. The van der Waals surface area contributed by atoms with E-state index in [0.717, 1.165) is 16.0 Å². The van der Waals surface area contributed by atoms with E-state index >= 15 is 0 Å². The summed E-state index contributed by atoms with van der Waals surface area (Å²) in [5, 5.41) is 24.8. The van der Waals surface area contributed by atoms with Crippen LogP contribution >= 0.6 is 11.3 Å². The van der Waals surface area contributed by atoms with Gasteiger partial charge in [0, 0.05) is 52.6 Å². The third-order valence-electron chi connectivity index (χ3n) is 5.98. The molecule has 0 spiro atoms. The summed E-state index contributed by atoms with van der Waals surface area (Å²) in [6.07, 6.45) is 3.43. The molecule has 0 fully saturated rings. The Morgan fingerprint density at radius 1 is 1.09 bits per heavy atom. The van der Waals surface area contributed by atoms with Crippen LogP contribution in [0, 0.1) is 5.41 Å². The number of pyridine rings is 1. The van der Waals surface area contributed by atoms with Gasteiger partial charge in [0.15, 0.2) is 0 Å². The van der Waals surface area contributed by atoms with Gasteiger partial charge in [0.25, 0.3) is 11.8 Å². The summed E-state index contributed by atoms with van der Waals surface area (Å²) in [5.41, 5.74) is 4.02. The lowest BCUT2D eigenvalue weighted by Gasteiger charge is -2.20. The zero-order valence-corrected chi connectivity index (χ0v) is 19.4. The summed E-state index contributed by atoms with van der Waals surface area (Å²) in [7, 11) is 0. The highest BCUT2D eigenvalue weighted by molar-refractivity contribution is 7.17. The summed E-state index contributed by atoms with van der Waals surface area (Å²) in [6.45, 7) is 0.468. The molecule has 174 valence electrons. The van der Waals surface area contributed by atoms with Gasteiger partial charge in [-0.2, -0.15) is 0 Å². The highest BCUT2D eigenvalue weighted by atomic mass is 32.1. The second kappa shape index (κ2) is 9.52. The highest BCUT2D eigenvalue weighted by Gasteiger charge is 2.24. The van der Waals surface area contributed by atoms with Crippen molar-refractivity contribution in [3.8, 4) is 16.2 Å². The fourth-order valence-corrected chi connectivity index (χ4v) is 5.16. The third kappa shape index (κ3) is 4.56. The van der Waals surface area contributed by atoms with Crippen LogP contribution in [0.25, 0.3) is 10.4 Å². The van der Waals surface area contributed by atoms with E-state index in [0.29, 0.717) is 33.8 Å². The predicted octanol–water partition coefficient (Wildman–Crippen LogP) is 4.69. The zero-order chi connectivity index (χ0) is 24.4. The minimum Gasteiger partial charge on any atom is -0.508 e. The first-order valence-electron chi connectivity index (χ1n) is 11.1. The van der Waals surface area contributed by atoms with Crippen molar-refractivity contribution in [1.29, 1.82) is 5.41 Å². The second-order valence-corrected chi connectivity index (χ2v) is 9.27. The van der Waals surface area contributed by atoms with Crippen molar-refractivity contribution in [2.75, 3.05) is 0 Å². The number of nitrogens with one attached hydrogen (secondary N) is 3. The lowest BCUT2D eigenvalue weighted by molar-refractivity contribution is 0.0939. The number of fused-ring (bicyclic) bond motifs is 1. The van der Waals surface area contributed by atoms with Gasteiger partial charge in [0.2, 0.25) is 0 Å². The molecule has 7 nitrogen and oxygen atoms in total. The molecule has 0 saturated carbocycles. The summed E-state index contributed by atoms with van der Waals surface area (Å²) >= 11 is 1.34. The SMILES string of the molecule is N=C(CC(NC(=O)c1ccc(-c2cccc3c2CNC3=O)s1)c1ccccc1O)c1cccnc1. The number of nitrogens with zero attached hydrogens (tertiary/aromatic N) is 1. The van der Waals surface area contributed by atoms with Crippen LogP contribution < -0.4 is 10.6 Å². The predicted molar refractivity (Wildman–Crippen MR) is 135 cm³/mol. The average molecular weight is 483 g/mol. The lowest BCUT2D eigenvalue weighted by Crippen LogP contribution is -2.29. The van der Waals surface area contributed by atoms with Crippen LogP contribution in [0.3, 0.4) is 0 Å². The fourth-order valence-electron chi connectivity index (χ4n) is 4.20. The maximum atomic E-state index is 13.3. The second-order valence-electron chi connectivity index (χ2n) is 8.19. The minimum absolute atomic E-state index is 0.0562. The Morgan fingerprint density at radius 2 is 1.91 bits per heavy atom. The van der Waals surface area contributed by atoms with Crippen LogP contribution in [-0.4, -0.2) is 27.6 Å². The van der Waals surface area contributed by atoms with Gasteiger partial charge in [-0.3, -0.25) is 14.6 Å². The van der Waals surface area contributed by atoms with Gasteiger partial charge in [-0.15, -0.1) is 11.3 Å². The third-order valence-corrected chi connectivity index (χ3v) is 7.09. The van der Waals surface area contributed by atoms with Gasteiger partial charge in [-0.25, -0.2) is 0 Å². The van der Waals surface area contributed by atoms with Crippen LogP contribution in [-0.2, 0) is 6.54 Å². The maximum Gasteiger partial charge on any atom is 0.261 e. The van der Waals surface area contributed by atoms with Crippen molar-refractivity contribution in [3.63, 3.8) is 0 Å². The molecule has 35 heavy (non-hydrogen) atoms. The van der Waals surface area contributed by atoms with Crippen molar-refractivity contribution in [2.24, 2.45) is 0 Å². The van der Waals surface area contributed by atoms with E-state index in [9.17, 15) is 14.7 Å². The normalized spacial score (nSPS) is 13.1. The van der Waals surface area contributed by atoms with E-state index in [1.165, 1.54) is 11.3 Å². The van der Waals surface area contributed by atoms with Gasteiger partial charge in [0.05, 0.1) is 10.9 Å². The van der Waals surface area contributed by atoms with Crippen molar-refractivity contribution >= 4 is 28.9 Å². The number of carbonyl (C=O) groups is 2. The first-order valence-corrected chi connectivity index (χ1v) is 11.9. The number of hydrogen-bond donors (Lipinski definition) is 4. The standard InChI is InChI=1S/C27H22N4O3S/c28-21(16-5-4-12-29-14-16)13-22(19-6-1-2-9-23(19)32)31-27(34)25-11-10-24(35-25)17-7-3-8-18-20(17)15-30-26(18)33/h1-12,14,22,28,32H,13,15H2,(H,30,33)(H,31,34). The number of amides is 2. The van der Waals surface area contributed by atoms with Crippen LogP contribution in [0.15, 0.2) is 79.1 Å². The molecular formula is C27H22N4O3S. The van der Waals surface area contributed by atoms with Gasteiger partial charge >= 0.3 is 0 Å². The van der Waals surface area contributed by atoms with Crippen molar-refractivity contribution in [1.82, 2.24) is 15.6 Å². The molecule has 0 radical (unpaired) electrons. The molecular weight excluding hydrogens is 460 g/mol. The molecule has 1 aliphatic heterocycles. The van der Waals surface area contributed by atoms with E-state index in [1.54, 1.807) is 60.9 Å². The number of thiophene rings is 1. The largest absolute Gasteiger partial charge is 0.508 e. The molecule has 4 aromatic rings. The first kappa shape index (κ1) is 22.5. The van der Waals surface area contributed by atoms with E-state index < -0.39 is 6.04 Å². The Balaban J connectivity index is 1.40. The van der Waals surface area contributed by atoms with E-state index in [-0.39, 0.29) is 24.0 Å². The summed E-state index contributed by atoms with van der Waals surface area (Å²) in [4.78, 5) is 30.7. The van der Waals surface area contributed by atoms with E-state index in [4.69, 9.17) is 5.41 Å². The van der Waals surface area contributed by atoms with E-state index in [2.05, 4.69) is 15.6 Å². The molecule has 4 N–H and O–H groups in total. The number of para-hydroxylation sites is 1. The Hall–Kier alpha value is -4.30. The molecule has 2 aromatic heterocycles. The van der Waals surface area contributed by atoms with Gasteiger partial charge in [-0.1, -0.05) is 36.4 Å². The topological polar surface area (TPSA) is 115 Å². The van der Waals surface area contributed by atoms with Crippen LogP contribution in [0.4, 0.5) is 0 Å². The summed E-state index contributed by atoms with van der Waals surface area (Å²) in [5.74, 6) is -0.325. The highest BCUT2D eigenvalue weighted by Crippen LogP contribution is 2.35. The minimum atomic E-state index is -0.607. The number of aromatic nitrogens is 1. The van der Waals surface area contributed by atoms with Crippen molar-refractivity contribution in [3.05, 3.63) is 106 Å². The molecule has 1 unspecified atom stereocenters. The Bertz CT molecular complexity index is 1430. The summed E-state index contributed by atoms with van der Waals surface area (Å²) < 4.78 is 0.